The summed E-state index contributed by atoms with van der Waals surface area (Å²) in [4.78, 5) is 17.9. The number of amides is 1. The van der Waals surface area contributed by atoms with Crippen molar-refractivity contribution in [3.63, 3.8) is 0 Å². The number of nitrogens with one attached hydrogen (secondary N) is 1. The van der Waals surface area contributed by atoms with Crippen LogP contribution in [0.3, 0.4) is 0 Å². The molecular weight excluding hydrogens is 486 g/mol. The summed E-state index contributed by atoms with van der Waals surface area (Å²) < 4.78 is 29.1. The summed E-state index contributed by atoms with van der Waals surface area (Å²) in [5, 5.41) is 6.47. The first-order valence-electron chi connectivity index (χ1n) is 11.3. The van der Waals surface area contributed by atoms with Crippen molar-refractivity contribution in [2.24, 2.45) is 0 Å². The van der Waals surface area contributed by atoms with Gasteiger partial charge in [0.25, 0.3) is 5.91 Å². The average molecular weight is 512 g/mol. The fourth-order valence-corrected chi connectivity index (χ4v) is 7.96. The van der Waals surface area contributed by atoms with Gasteiger partial charge in [0, 0.05) is 23.7 Å². The average Bonchev–Trinajstić information content (AvgIpc) is 3.50. The molecule has 1 aliphatic rings. The number of carbonyl (C=O) groups excluding carboxylic acids is 1. The molecule has 176 valence electrons. The summed E-state index contributed by atoms with van der Waals surface area (Å²) in [6.07, 6.45) is 3.64. The number of nitrogens with zero attached hydrogens (tertiary/aromatic N) is 2. The SMILES string of the molecule is CCC1CCCCN1S(=O)(=O)c1ccc(C(=O)Nc2sccc2-c2nc3ccccc3s2)cc1. The summed E-state index contributed by atoms with van der Waals surface area (Å²) in [7, 11) is -3.57. The van der Waals surface area contributed by atoms with E-state index in [1.807, 2.05) is 42.6 Å². The number of aromatic nitrogens is 1. The molecular formula is C25H25N3O3S3. The van der Waals surface area contributed by atoms with Gasteiger partial charge in [0.1, 0.15) is 10.0 Å². The van der Waals surface area contributed by atoms with E-state index in [-0.39, 0.29) is 16.8 Å². The Balaban J connectivity index is 1.34. The Hall–Kier alpha value is -2.59. The number of fused-ring (bicyclic) bond motifs is 1. The van der Waals surface area contributed by atoms with Gasteiger partial charge in [-0.05, 0) is 67.1 Å². The van der Waals surface area contributed by atoms with Crippen LogP contribution in [0.2, 0.25) is 0 Å². The van der Waals surface area contributed by atoms with Crippen LogP contribution in [0.5, 0.6) is 0 Å². The molecule has 0 saturated carbocycles. The van der Waals surface area contributed by atoms with Crippen LogP contribution in [0, 0.1) is 0 Å². The van der Waals surface area contributed by atoms with Gasteiger partial charge in [0.05, 0.1) is 15.1 Å². The summed E-state index contributed by atoms with van der Waals surface area (Å²) in [6.45, 7) is 2.58. The minimum absolute atomic E-state index is 0.0430. The third-order valence-electron chi connectivity index (χ3n) is 6.18. The largest absolute Gasteiger partial charge is 0.313 e. The van der Waals surface area contributed by atoms with Crippen molar-refractivity contribution in [2.75, 3.05) is 11.9 Å². The fourth-order valence-electron chi connectivity index (χ4n) is 4.35. The first-order chi connectivity index (χ1) is 16.5. The lowest BCUT2D eigenvalue weighted by molar-refractivity contribution is 0.102. The number of anilines is 1. The smallest absolute Gasteiger partial charge is 0.256 e. The number of piperidine rings is 1. The molecule has 6 nitrogen and oxygen atoms in total. The second kappa shape index (κ2) is 9.58. The topological polar surface area (TPSA) is 79.4 Å². The van der Waals surface area contributed by atoms with Gasteiger partial charge in [0.15, 0.2) is 0 Å². The highest BCUT2D eigenvalue weighted by Gasteiger charge is 2.32. The van der Waals surface area contributed by atoms with Gasteiger partial charge in [0.2, 0.25) is 10.0 Å². The summed E-state index contributed by atoms with van der Waals surface area (Å²) in [5.41, 5.74) is 2.23. The van der Waals surface area contributed by atoms with Crippen LogP contribution < -0.4 is 5.32 Å². The lowest BCUT2D eigenvalue weighted by atomic mass is 10.0. The molecule has 5 rings (SSSR count). The molecule has 2 aromatic heterocycles. The van der Waals surface area contributed by atoms with Crippen molar-refractivity contribution in [1.29, 1.82) is 0 Å². The van der Waals surface area contributed by atoms with Crippen LogP contribution in [0.25, 0.3) is 20.8 Å². The first kappa shape index (κ1) is 23.2. The highest BCUT2D eigenvalue weighted by Crippen LogP contribution is 2.38. The summed E-state index contributed by atoms with van der Waals surface area (Å²) in [5.74, 6) is -0.279. The molecule has 3 heterocycles. The molecule has 0 radical (unpaired) electrons. The number of sulfonamides is 1. The minimum Gasteiger partial charge on any atom is -0.313 e. The van der Waals surface area contributed by atoms with Gasteiger partial charge >= 0.3 is 0 Å². The van der Waals surface area contributed by atoms with Crippen LogP contribution in [0.15, 0.2) is 64.9 Å². The van der Waals surface area contributed by atoms with E-state index in [1.165, 1.54) is 23.5 Å². The van der Waals surface area contributed by atoms with E-state index >= 15 is 0 Å². The Morgan fingerprint density at radius 3 is 2.68 bits per heavy atom. The van der Waals surface area contributed by atoms with E-state index < -0.39 is 10.0 Å². The maximum absolute atomic E-state index is 13.2. The molecule has 2 aromatic carbocycles. The van der Waals surface area contributed by atoms with E-state index in [2.05, 4.69) is 5.32 Å². The van der Waals surface area contributed by atoms with Gasteiger partial charge < -0.3 is 5.32 Å². The van der Waals surface area contributed by atoms with E-state index in [1.54, 1.807) is 27.8 Å². The predicted molar refractivity (Wildman–Crippen MR) is 139 cm³/mol. The van der Waals surface area contributed by atoms with Crippen LogP contribution in [0.4, 0.5) is 5.00 Å². The third kappa shape index (κ3) is 4.40. The number of para-hydroxylation sites is 1. The Bertz CT molecular complexity index is 1390. The van der Waals surface area contributed by atoms with E-state index in [9.17, 15) is 13.2 Å². The molecule has 0 spiro atoms. The standard InChI is InChI=1S/C25H25N3O3S3/c1-2-18-7-5-6-15-28(18)34(30,31)19-12-10-17(11-13-19)23(29)27-24-20(14-16-32-24)25-26-21-8-3-4-9-22(21)33-25/h3-4,8-14,16,18H,2,5-7,15H2,1H3,(H,27,29). The lowest BCUT2D eigenvalue weighted by Crippen LogP contribution is -2.43. The van der Waals surface area contributed by atoms with Gasteiger partial charge in [-0.2, -0.15) is 4.31 Å². The van der Waals surface area contributed by atoms with E-state index in [4.69, 9.17) is 4.98 Å². The first-order valence-corrected chi connectivity index (χ1v) is 14.5. The van der Waals surface area contributed by atoms with Gasteiger partial charge in [-0.15, -0.1) is 22.7 Å². The molecule has 0 aliphatic carbocycles. The second-order valence-electron chi connectivity index (χ2n) is 8.30. The van der Waals surface area contributed by atoms with Gasteiger partial charge in [-0.25, -0.2) is 13.4 Å². The Kier molecular flexibility index (Phi) is 6.52. The number of hydrogen-bond acceptors (Lipinski definition) is 6. The molecule has 1 unspecified atom stereocenters. The van der Waals surface area contributed by atoms with Crippen molar-refractivity contribution in [3.05, 3.63) is 65.5 Å². The van der Waals surface area contributed by atoms with Crippen molar-refractivity contribution in [1.82, 2.24) is 9.29 Å². The number of rotatable bonds is 6. The maximum Gasteiger partial charge on any atom is 0.256 e. The molecule has 34 heavy (non-hydrogen) atoms. The maximum atomic E-state index is 13.2. The Morgan fingerprint density at radius 2 is 1.91 bits per heavy atom. The molecule has 1 aliphatic heterocycles. The Morgan fingerprint density at radius 1 is 1.12 bits per heavy atom. The molecule has 1 fully saturated rings. The highest BCUT2D eigenvalue weighted by atomic mass is 32.2. The molecule has 1 atom stereocenters. The normalized spacial score (nSPS) is 17.1. The quantitative estimate of drug-likeness (QED) is 0.333. The molecule has 4 aromatic rings. The predicted octanol–water partition coefficient (Wildman–Crippen LogP) is 6.23. The third-order valence-corrected chi connectivity index (χ3v) is 10.0. The summed E-state index contributed by atoms with van der Waals surface area (Å²) in [6, 6.07) is 16.2. The van der Waals surface area contributed by atoms with Gasteiger partial charge in [-0.1, -0.05) is 25.5 Å². The number of thiazole rings is 1. The number of benzene rings is 2. The van der Waals surface area contributed by atoms with Crippen LogP contribution in [-0.4, -0.2) is 36.2 Å². The minimum atomic E-state index is -3.57. The van der Waals surface area contributed by atoms with Crippen LogP contribution >= 0.6 is 22.7 Å². The number of hydrogen-bond donors (Lipinski definition) is 1. The molecule has 1 N–H and O–H groups in total. The monoisotopic (exact) mass is 511 g/mol. The zero-order valence-electron chi connectivity index (χ0n) is 18.7. The van der Waals surface area contributed by atoms with Crippen molar-refractivity contribution in [2.45, 2.75) is 43.5 Å². The van der Waals surface area contributed by atoms with Crippen molar-refractivity contribution < 1.29 is 13.2 Å². The van der Waals surface area contributed by atoms with Crippen molar-refractivity contribution >= 4 is 53.8 Å². The van der Waals surface area contributed by atoms with Crippen LogP contribution in [-0.2, 0) is 10.0 Å². The summed E-state index contributed by atoms with van der Waals surface area (Å²) >= 11 is 3.02. The highest BCUT2D eigenvalue weighted by molar-refractivity contribution is 7.89. The zero-order chi connectivity index (χ0) is 23.7. The molecule has 0 bridgehead atoms. The molecule has 9 heteroatoms. The number of thiophene rings is 1. The Labute approximate surface area is 207 Å². The fraction of sp³-hybridized carbons (Fsp3) is 0.280. The molecule has 1 saturated heterocycles. The van der Waals surface area contributed by atoms with E-state index in [0.717, 1.165) is 51.5 Å². The second-order valence-corrected chi connectivity index (χ2v) is 12.1. The lowest BCUT2D eigenvalue weighted by Gasteiger charge is -2.34. The number of carbonyl (C=O) groups is 1. The van der Waals surface area contributed by atoms with Crippen LogP contribution in [0.1, 0.15) is 43.0 Å². The zero-order valence-corrected chi connectivity index (χ0v) is 21.2. The van der Waals surface area contributed by atoms with E-state index in [0.29, 0.717) is 12.1 Å². The van der Waals surface area contributed by atoms with Gasteiger partial charge in [-0.3, -0.25) is 4.79 Å². The molecule has 1 amide bonds. The van der Waals surface area contributed by atoms with Crippen molar-refractivity contribution in [3.8, 4) is 10.6 Å².